The molecular formula is C13H18FN3O. The Morgan fingerprint density at radius 1 is 1.39 bits per heavy atom. The lowest BCUT2D eigenvalue weighted by atomic mass is 10.2. The zero-order valence-electron chi connectivity index (χ0n) is 10.3. The van der Waals surface area contributed by atoms with Gasteiger partial charge in [0.15, 0.2) is 0 Å². The first-order chi connectivity index (χ1) is 8.65. The Hall–Kier alpha value is -1.62. The van der Waals surface area contributed by atoms with E-state index in [1.165, 1.54) is 31.0 Å². The fourth-order valence-electron chi connectivity index (χ4n) is 2.11. The van der Waals surface area contributed by atoms with E-state index in [4.69, 9.17) is 5.73 Å². The van der Waals surface area contributed by atoms with Gasteiger partial charge in [0.05, 0.1) is 5.69 Å². The van der Waals surface area contributed by atoms with Gasteiger partial charge in [-0.25, -0.2) is 4.39 Å². The number of halogens is 1. The van der Waals surface area contributed by atoms with Crippen LogP contribution in [0.25, 0.3) is 0 Å². The predicted molar refractivity (Wildman–Crippen MR) is 69.7 cm³/mol. The van der Waals surface area contributed by atoms with Crippen molar-refractivity contribution in [2.24, 2.45) is 0 Å². The van der Waals surface area contributed by atoms with Crippen LogP contribution in [0.3, 0.4) is 0 Å². The van der Waals surface area contributed by atoms with Crippen molar-refractivity contribution in [1.29, 1.82) is 0 Å². The molecule has 1 aliphatic heterocycles. The van der Waals surface area contributed by atoms with E-state index in [1.54, 1.807) is 0 Å². The number of anilines is 2. The van der Waals surface area contributed by atoms with Crippen LogP contribution in [-0.4, -0.2) is 30.4 Å². The molecule has 0 radical (unpaired) electrons. The number of amides is 1. The number of likely N-dealkylation sites (tertiary alicyclic amines) is 1. The number of nitrogens with one attached hydrogen (secondary N) is 1. The van der Waals surface area contributed by atoms with Gasteiger partial charge >= 0.3 is 0 Å². The van der Waals surface area contributed by atoms with Gasteiger partial charge in [0.1, 0.15) is 5.82 Å². The molecule has 2 rings (SSSR count). The summed E-state index contributed by atoms with van der Waals surface area (Å²) < 4.78 is 12.9. The molecule has 3 N–H and O–H groups in total. The minimum Gasteiger partial charge on any atom is -0.396 e. The number of carbonyl (C=O) groups excluding carboxylic acids is 1. The van der Waals surface area contributed by atoms with Crippen LogP contribution < -0.4 is 11.1 Å². The second-order valence-electron chi connectivity index (χ2n) is 4.58. The van der Waals surface area contributed by atoms with Crippen molar-refractivity contribution in [2.45, 2.75) is 19.3 Å². The molecule has 5 heteroatoms. The van der Waals surface area contributed by atoms with Gasteiger partial charge in [0.2, 0.25) is 5.91 Å². The fraction of sp³-hybridized carbons (Fsp3) is 0.462. The summed E-state index contributed by atoms with van der Waals surface area (Å²) in [5, 5.41) is 2.72. The monoisotopic (exact) mass is 251 g/mol. The zero-order valence-corrected chi connectivity index (χ0v) is 10.3. The zero-order chi connectivity index (χ0) is 13.0. The molecule has 1 heterocycles. The number of hydrogen-bond donors (Lipinski definition) is 2. The maximum absolute atomic E-state index is 12.9. The number of hydrogen-bond acceptors (Lipinski definition) is 3. The smallest absolute Gasteiger partial charge is 0.225 e. The highest BCUT2D eigenvalue weighted by molar-refractivity contribution is 5.91. The van der Waals surface area contributed by atoms with E-state index in [9.17, 15) is 9.18 Å². The number of benzene rings is 1. The largest absolute Gasteiger partial charge is 0.396 e. The van der Waals surface area contributed by atoms with Gasteiger partial charge in [-0.05, 0) is 44.1 Å². The van der Waals surface area contributed by atoms with Crippen LogP contribution in [0.2, 0.25) is 0 Å². The number of nitrogens with two attached hydrogens (primary N) is 1. The van der Waals surface area contributed by atoms with E-state index in [-0.39, 0.29) is 11.6 Å². The molecule has 98 valence electrons. The summed E-state index contributed by atoms with van der Waals surface area (Å²) in [6, 6.07) is 4.20. The molecule has 1 aliphatic rings. The molecule has 4 nitrogen and oxygen atoms in total. The minimum atomic E-state index is -0.468. The summed E-state index contributed by atoms with van der Waals surface area (Å²) in [5.74, 6) is -0.530. The first kappa shape index (κ1) is 12.8. The quantitative estimate of drug-likeness (QED) is 0.803. The highest BCUT2D eigenvalue weighted by Crippen LogP contribution is 2.16. The summed E-state index contributed by atoms with van der Waals surface area (Å²) in [6.45, 7) is 2.94. The second-order valence-corrected chi connectivity index (χ2v) is 4.58. The minimum absolute atomic E-state index is 0.0485. The van der Waals surface area contributed by atoms with Crippen molar-refractivity contribution < 1.29 is 9.18 Å². The maximum Gasteiger partial charge on any atom is 0.225 e. The summed E-state index contributed by atoms with van der Waals surface area (Å²) in [5.41, 5.74) is 6.03. The maximum atomic E-state index is 12.9. The molecule has 1 fully saturated rings. The van der Waals surface area contributed by atoms with E-state index in [1.807, 2.05) is 0 Å². The van der Waals surface area contributed by atoms with Crippen LogP contribution in [0.15, 0.2) is 18.2 Å². The molecule has 0 atom stereocenters. The second kappa shape index (κ2) is 5.82. The molecule has 0 aliphatic carbocycles. The van der Waals surface area contributed by atoms with Crippen molar-refractivity contribution in [1.82, 2.24) is 4.90 Å². The SMILES string of the molecule is Nc1cc(NC(=O)CCN2CCCC2)ccc1F. The fourth-order valence-corrected chi connectivity index (χ4v) is 2.11. The van der Waals surface area contributed by atoms with Gasteiger partial charge in [0.25, 0.3) is 0 Å². The van der Waals surface area contributed by atoms with Gasteiger partial charge in [-0.15, -0.1) is 0 Å². The molecule has 0 aromatic heterocycles. The van der Waals surface area contributed by atoms with E-state index in [0.717, 1.165) is 19.6 Å². The molecule has 0 spiro atoms. The van der Waals surface area contributed by atoms with Gasteiger partial charge in [0, 0.05) is 18.7 Å². The van der Waals surface area contributed by atoms with Gasteiger partial charge in [-0.3, -0.25) is 4.79 Å². The third kappa shape index (κ3) is 3.43. The normalized spacial score (nSPS) is 15.8. The van der Waals surface area contributed by atoms with Crippen molar-refractivity contribution >= 4 is 17.3 Å². The summed E-state index contributed by atoms with van der Waals surface area (Å²) in [6.07, 6.45) is 2.89. The third-order valence-corrected chi connectivity index (χ3v) is 3.13. The van der Waals surface area contributed by atoms with Gasteiger partial charge < -0.3 is 16.0 Å². The summed E-state index contributed by atoms with van der Waals surface area (Å²) in [7, 11) is 0. The average molecular weight is 251 g/mol. The number of nitrogens with zero attached hydrogens (tertiary/aromatic N) is 1. The topological polar surface area (TPSA) is 58.4 Å². The number of rotatable bonds is 4. The van der Waals surface area contributed by atoms with Crippen molar-refractivity contribution in [3.63, 3.8) is 0 Å². The molecule has 1 amide bonds. The van der Waals surface area contributed by atoms with Crippen LogP contribution in [0.4, 0.5) is 15.8 Å². The first-order valence-electron chi connectivity index (χ1n) is 6.22. The molecule has 0 unspecified atom stereocenters. The molecule has 1 aromatic carbocycles. The van der Waals surface area contributed by atoms with Gasteiger partial charge in [-0.1, -0.05) is 0 Å². The van der Waals surface area contributed by atoms with E-state index in [2.05, 4.69) is 10.2 Å². The van der Waals surface area contributed by atoms with Crippen molar-refractivity contribution in [3.05, 3.63) is 24.0 Å². The lowest BCUT2D eigenvalue weighted by Gasteiger charge is -2.14. The first-order valence-corrected chi connectivity index (χ1v) is 6.22. The molecule has 1 aromatic rings. The number of nitrogen functional groups attached to an aromatic ring is 1. The van der Waals surface area contributed by atoms with Crippen LogP contribution in [0.5, 0.6) is 0 Å². The standard InChI is InChI=1S/C13H18FN3O/c14-11-4-3-10(9-12(11)15)16-13(18)5-8-17-6-1-2-7-17/h3-4,9H,1-2,5-8,15H2,(H,16,18). The molecule has 0 saturated carbocycles. The Balaban J connectivity index is 1.80. The van der Waals surface area contributed by atoms with Crippen LogP contribution in [-0.2, 0) is 4.79 Å². The highest BCUT2D eigenvalue weighted by Gasteiger charge is 2.13. The molecular weight excluding hydrogens is 233 g/mol. The number of carbonyl (C=O) groups is 1. The Bertz CT molecular complexity index is 430. The Morgan fingerprint density at radius 3 is 2.78 bits per heavy atom. The summed E-state index contributed by atoms with van der Waals surface area (Å²) in [4.78, 5) is 14.0. The van der Waals surface area contributed by atoms with Gasteiger partial charge in [-0.2, -0.15) is 0 Å². The van der Waals surface area contributed by atoms with E-state index in [0.29, 0.717) is 12.1 Å². The van der Waals surface area contributed by atoms with E-state index < -0.39 is 5.82 Å². The molecule has 0 bridgehead atoms. The van der Waals surface area contributed by atoms with Crippen LogP contribution >= 0.6 is 0 Å². The van der Waals surface area contributed by atoms with Crippen molar-refractivity contribution in [2.75, 3.05) is 30.7 Å². The van der Waals surface area contributed by atoms with Crippen LogP contribution in [0, 0.1) is 5.82 Å². The average Bonchev–Trinajstić information content (AvgIpc) is 2.84. The van der Waals surface area contributed by atoms with Crippen molar-refractivity contribution in [3.8, 4) is 0 Å². The molecule has 1 saturated heterocycles. The Morgan fingerprint density at radius 2 is 2.11 bits per heavy atom. The Kier molecular flexibility index (Phi) is 4.15. The van der Waals surface area contributed by atoms with E-state index >= 15 is 0 Å². The molecule has 18 heavy (non-hydrogen) atoms. The third-order valence-electron chi connectivity index (χ3n) is 3.13. The summed E-state index contributed by atoms with van der Waals surface area (Å²) >= 11 is 0. The lowest BCUT2D eigenvalue weighted by Crippen LogP contribution is -2.25. The Labute approximate surface area is 106 Å². The van der Waals surface area contributed by atoms with Crippen LogP contribution in [0.1, 0.15) is 19.3 Å². The predicted octanol–water partition coefficient (Wildman–Crippen LogP) is 1.83. The lowest BCUT2D eigenvalue weighted by molar-refractivity contribution is -0.116. The highest BCUT2D eigenvalue weighted by atomic mass is 19.1.